The first kappa shape index (κ1) is 20.9. The first-order chi connectivity index (χ1) is 14.5. The molecule has 2 aromatic carbocycles. The number of aryl methyl sites for hydroxylation is 1. The highest BCUT2D eigenvalue weighted by molar-refractivity contribution is 6.31. The lowest BCUT2D eigenvalue weighted by Crippen LogP contribution is -2.23. The van der Waals surface area contributed by atoms with Crippen molar-refractivity contribution in [2.24, 2.45) is 12.2 Å². The number of hydrogen-bond acceptors (Lipinski definition) is 5. The van der Waals surface area contributed by atoms with Crippen molar-refractivity contribution in [3.05, 3.63) is 76.2 Å². The van der Waals surface area contributed by atoms with Gasteiger partial charge in [-0.1, -0.05) is 41.1 Å². The van der Waals surface area contributed by atoms with Crippen LogP contribution in [0.2, 0.25) is 0 Å². The Morgan fingerprint density at radius 3 is 2.47 bits per heavy atom. The van der Waals surface area contributed by atoms with Gasteiger partial charge in [0, 0.05) is 7.05 Å². The van der Waals surface area contributed by atoms with Gasteiger partial charge < -0.3 is 14.9 Å². The van der Waals surface area contributed by atoms with Crippen LogP contribution in [0, 0.1) is 13.8 Å². The van der Waals surface area contributed by atoms with Crippen molar-refractivity contribution < 1.29 is 14.4 Å². The van der Waals surface area contributed by atoms with Gasteiger partial charge in [-0.25, -0.2) is 4.68 Å². The molecule has 1 heterocycles. The number of aromatic nitrogens is 2. The number of nitrogens with zero attached hydrogens (tertiary/aromatic N) is 3. The molecule has 0 saturated heterocycles. The molecular formula is C22H24N4O4. The smallest absolute Gasteiger partial charge is 0.295 e. The van der Waals surface area contributed by atoms with Gasteiger partial charge >= 0.3 is 0 Å². The normalized spacial score (nSPS) is 10.9. The van der Waals surface area contributed by atoms with Crippen LogP contribution in [0.1, 0.15) is 11.3 Å². The molecule has 3 aromatic rings. The van der Waals surface area contributed by atoms with E-state index in [4.69, 9.17) is 9.57 Å². The van der Waals surface area contributed by atoms with Crippen LogP contribution < -0.4 is 15.6 Å². The number of amides is 1. The second-order valence-corrected chi connectivity index (χ2v) is 6.66. The van der Waals surface area contributed by atoms with E-state index in [2.05, 4.69) is 10.5 Å². The van der Waals surface area contributed by atoms with E-state index in [0.29, 0.717) is 18.0 Å². The lowest BCUT2D eigenvalue weighted by Gasteiger charge is -2.07. The summed E-state index contributed by atoms with van der Waals surface area (Å²) in [5.74, 6) is 0.181. The standard InChI is InChI=1S/C22H24N4O4/c1-16-9-11-19(12-10-16)29-13-14-30-23-15-20(27)24-21-17(2)25(3)26(22(21)28)18-7-5-4-6-8-18/h4-12,15H,13-14H2,1-3H3,(H,24,27)/b23-15-. The van der Waals surface area contributed by atoms with Crippen molar-refractivity contribution >= 4 is 17.8 Å². The first-order valence-corrected chi connectivity index (χ1v) is 9.47. The largest absolute Gasteiger partial charge is 0.490 e. The summed E-state index contributed by atoms with van der Waals surface area (Å²) in [7, 11) is 1.75. The number of rotatable bonds is 8. The van der Waals surface area contributed by atoms with E-state index in [1.807, 2.05) is 61.5 Å². The summed E-state index contributed by atoms with van der Waals surface area (Å²) in [6.45, 7) is 4.23. The zero-order chi connectivity index (χ0) is 21.5. The number of oxime groups is 1. The maximum absolute atomic E-state index is 12.8. The first-order valence-electron chi connectivity index (χ1n) is 9.47. The molecule has 156 valence electrons. The van der Waals surface area contributed by atoms with Gasteiger partial charge in [0.2, 0.25) is 0 Å². The predicted molar refractivity (Wildman–Crippen MR) is 115 cm³/mol. The minimum atomic E-state index is -0.555. The molecule has 0 saturated carbocycles. The van der Waals surface area contributed by atoms with Gasteiger partial charge in [-0.05, 0) is 38.1 Å². The van der Waals surface area contributed by atoms with E-state index in [-0.39, 0.29) is 17.9 Å². The van der Waals surface area contributed by atoms with E-state index in [9.17, 15) is 9.59 Å². The van der Waals surface area contributed by atoms with Crippen molar-refractivity contribution in [1.82, 2.24) is 9.36 Å². The average molecular weight is 408 g/mol. The molecule has 0 aliphatic heterocycles. The van der Waals surface area contributed by atoms with Crippen LogP contribution in [0.15, 0.2) is 64.5 Å². The molecule has 30 heavy (non-hydrogen) atoms. The highest BCUT2D eigenvalue weighted by Gasteiger charge is 2.17. The van der Waals surface area contributed by atoms with E-state index >= 15 is 0 Å². The molecule has 3 rings (SSSR count). The maximum atomic E-state index is 12.8. The van der Waals surface area contributed by atoms with E-state index in [0.717, 1.165) is 17.5 Å². The molecule has 1 aromatic heterocycles. The van der Waals surface area contributed by atoms with E-state index < -0.39 is 5.91 Å². The summed E-state index contributed by atoms with van der Waals surface area (Å²) in [5, 5.41) is 6.20. The fraction of sp³-hybridized carbons (Fsp3) is 0.227. The Hall–Kier alpha value is -3.81. The maximum Gasteiger partial charge on any atom is 0.295 e. The Balaban J connectivity index is 1.53. The van der Waals surface area contributed by atoms with Gasteiger partial charge in [-0.15, -0.1) is 0 Å². The third kappa shape index (κ3) is 4.96. The van der Waals surface area contributed by atoms with Gasteiger partial charge in [0.05, 0.1) is 11.4 Å². The summed E-state index contributed by atoms with van der Waals surface area (Å²) in [6.07, 6.45) is 0.991. The van der Waals surface area contributed by atoms with Gasteiger partial charge in [-0.2, -0.15) is 0 Å². The highest BCUT2D eigenvalue weighted by Crippen LogP contribution is 2.14. The second kappa shape index (κ2) is 9.60. The van der Waals surface area contributed by atoms with Crippen LogP contribution in [-0.2, 0) is 16.7 Å². The molecule has 0 radical (unpaired) electrons. The number of para-hydroxylation sites is 1. The molecule has 0 atom stereocenters. The third-order valence-electron chi connectivity index (χ3n) is 4.51. The third-order valence-corrected chi connectivity index (χ3v) is 4.51. The van der Waals surface area contributed by atoms with Gasteiger partial charge in [0.25, 0.3) is 11.5 Å². The fourth-order valence-electron chi connectivity index (χ4n) is 2.84. The lowest BCUT2D eigenvalue weighted by molar-refractivity contribution is -0.110. The molecule has 1 N–H and O–H groups in total. The molecule has 0 bridgehead atoms. The summed E-state index contributed by atoms with van der Waals surface area (Å²) < 4.78 is 8.68. The zero-order valence-electron chi connectivity index (χ0n) is 17.2. The number of ether oxygens (including phenoxy) is 1. The summed E-state index contributed by atoms with van der Waals surface area (Å²) >= 11 is 0. The Bertz CT molecular complexity index is 1080. The van der Waals surface area contributed by atoms with E-state index in [1.54, 1.807) is 18.7 Å². The Kier molecular flexibility index (Phi) is 6.69. The average Bonchev–Trinajstić information content (AvgIpc) is 2.95. The topological polar surface area (TPSA) is 86.8 Å². The van der Waals surface area contributed by atoms with Crippen LogP contribution in [0.5, 0.6) is 5.75 Å². The SMILES string of the molecule is Cc1ccc(OCCO/N=C\C(=O)Nc2c(C)n(C)n(-c3ccccc3)c2=O)cc1. The molecule has 1 amide bonds. The minimum absolute atomic E-state index is 0.183. The van der Waals surface area contributed by atoms with Crippen LogP contribution in [0.4, 0.5) is 5.69 Å². The van der Waals surface area contributed by atoms with Crippen molar-refractivity contribution in [3.8, 4) is 11.4 Å². The van der Waals surface area contributed by atoms with Crippen LogP contribution >= 0.6 is 0 Å². The van der Waals surface area contributed by atoms with Gasteiger partial charge in [0.15, 0.2) is 6.61 Å². The molecule has 0 fully saturated rings. The molecule has 0 unspecified atom stereocenters. The monoisotopic (exact) mass is 408 g/mol. The Labute approximate surface area is 174 Å². The van der Waals surface area contributed by atoms with Crippen molar-refractivity contribution in [2.45, 2.75) is 13.8 Å². The number of anilines is 1. The molecule has 0 aliphatic rings. The van der Waals surface area contributed by atoms with Crippen molar-refractivity contribution in [2.75, 3.05) is 18.5 Å². The van der Waals surface area contributed by atoms with Crippen molar-refractivity contribution in [1.29, 1.82) is 0 Å². The zero-order valence-corrected chi connectivity index (χ0v) is 17.2. The lowest BCUT2D eigenvalue weighted by atomic mass is 10.2. The van der Waals surface area contributed by atoms with E-state index in [1.165, 1.54) is 4.68 Å². The molecule has 8 nitrogen and oxygen atoms in total. The highest BCUT2D eigenvalue weighted by atomic mass is 16.6. The Morgan fingerprint density at radius 1 is 1.07 bits per heavy atom. The number of carbonyl (C=O) groups is 1. The van der Waals surface area contributed by atoms with Crippen LogP contribution in [-0.4, -0.2) is 34.7 Å². The summed E-state index contributed by atoms with van der Waals surface area (Å²) in [6, 6.07) is 16.8. The second-order valence-electron chi connectivity index (χ2n) is 6.66. The number of hydrogen-bond donors (Lipinski definition) is 1. The van der Waals surface area contributed by atoms with Crippen LogP contribution in [0.3, 0.4) is 0 Å². The minimum Gasteiger partial charge on any atom is -0.490 e. The predicted octanol–water partition coefficient (Wildman–Crippen LogP) is 2.81. The number of benzene rings is 2. The number of carbonyl (C=O) groups excluding carboxylic acids is 1. The van der Waals surface area contributed by atoms with Gasteiger partial charge in [-0.3, -0.25) is 14.3 Å². The van der Waals surface area contributed by atoms with Gasteiger partial charge in [0.1, 0.15) is 24.3 Å². The molecular weight excluding hydrogens is 384 g/mol. The van der Waals surface area contributed by atoms with Crippen LogP contribution in [0.25, 0.3) is 5.69 Å². The summed E-state index contributed by atoms with van der Waals surface area (Å²) in [4.78, 5) is 29.9. The molecule has 0 spiro atoms. The molecule has 8 heteroatoms. The fourth-order valence-corrected chi connectivity index (χ4v) is 2.84. The Morgan fingerprint density at radius 2 is 1.77 bits per heavy atom. The van der Waals surface area contributed by atoms with Crippen molar-refractivity contribution in [3.63, 3.8) is 0 Å². The molecule has 0 aliphatic carbocycles. The quantitative estimate of drug-likeness (QED) is 0.353. The number of nitrogens with one attached hydrogen (secondary N) is 1. The summed E-state index contributed by atoms with van der Waals surface area (Å²) in [5.41, 5.74) is 2.35.